The number of pyridine rings is 1. The average molecular weight is 272 g/mol. The molecule has 0 spiro atoms. The second-order valence-corrected chi connectivity index (χ2v) is 4.95. The molecule has 2 nitrogen and oxygen atoms in total. The van der Waals surface area contributed by atoms with E-state index in [0.29, 0.717) is 5.02 Å². The topological polar surface area (TPSA) is 22.1 Å². The molecule has 1 aromatic carbocycles. The Balaban J connectivity index is 2.09. The summed E-state index contributed by atoms with van der Waals surface area (Å²) in [4.78, 5) is 4.36. The van der Waals surface area contributed by atoms with Crippen LogP contribution in [0.15, 0.2) is 48.2 Å². The van der Waals surface area contributed by atoms with Crippen LogP contribution in [0.25, 0.3) is 17.0 Å². The summed E-state index contributed by atoms with van der Waals surface area (Å²) >= 11 is 6.28. The number of benzene rings is 1. The smallest absolute Gasteiger partial charge is 0.125 e. The van der Waals surface area contributed by atoms with Gasteiger partial charge >= 0.3 is 0 Å². The minimum Gasteiger partial charge on any atom is -0.496 e. The van der Waals surface area contributed by atoms with E-state index < -0.39 is 0 Å². The number of nitrogens with zero attached hydrogens (tertiary/aromatic N) is 1. The van der Waals surface area contributed by atoms with Crippen molar-refractivity contribution in [2.24, 2.45) is 0 Å². The van der Waals surface area contributed by atoms with E-state index in [1.54, 1.807) is 13.3 Å². The molecule has 1 fully saturated rings. The van der Waals surface area contributed by atoms with Crippen molar-refractivity contribution in [2.75, 3.05) is 7.11 Å². The highest BCUT2D eigenvalue weighted by Crippen LogP contribution is 2.38. The highest BCUT2D eigenvalue weighted by Gasteiger charge is 2.20. The molecule has 19 heavy (non-hydrogen) atoms. The fourth-order valence-corrected chi connectivity index (χ4v) is 2.36. The average Bonchev–Trinajstić information content (AvgIpc) is 3.27. The van der Waals surface area contributed by atoms with Gasteiger partial charge in [0.05, 0.1) is 17.8 Å². The van der Waals surface area contributed by atoms with Crippen LogP contribution in [0.4, 0.5) is 0 Å². The zero-order chi connectivity index (χ0) is 13.2. The van der Waals surface area contributed by atoms with Gasteiger partial charge in [-0.25, -0.2) is 0 Å². The molecule has 3 heteroatoms. The molecular weight excluding hydrogens is 258 g/mol. The lowest BCUT2D eigenvalue weighted by Crippen LogP contribution is -1.90. The lowest BCUT2D eigenvalue weighted by Gasteiger charge is -2.10. The molecule has 0 aliphatic heterocycles. The van der Waals surface area contributed by atoms with Gasteiger partial charge in [0, 0.05) is 17.3 Å². The molecule has 0 saturated heterocycles. The molecule has 1 heterocycles. The molecular formula is C16H14ClNO. The van der Waals surface area contributed by atoms with Crippen LogP contribution in [0.3, 0.4) is 0 Å². The van der Waals surface area contributed by atoms with Crippen molar-refractivity contribution >= 4 is 17.4 Å². The molecule has 0 N–H and O–H groups in total. The van der Waals surface area contributed by atoms with E-state index in [0.717, 1.165) is 35.4 Å². The number of rotatable bonds is 3. The molecule has 0 bridgehead atoms. The lowest BCUT2D eigenvalue weighted by atomic mass is 10.1. The minimum absolute atomic E-state index is 0.707. The fourth-order valence-electron chi connectivity index (χ4n) is 2.14. The number of hydrogen-bond acceptors (Lipinski definition) is 2. The number of halogens is 1. The van der Waals surface area contributed by atoms with Crippen LogP contribution in [-0.4, -0.2) is 12.1 Å². The Kier molecular flexibility index (Phi) is 3.26. The normalized spacial score (nSPS) is 13.3. The zero-order valence-corrected chi connectivity index (χ0v) is 11.4. The molecule has 0 atom stereocenters. The van der Waals surface area contributed by atoms with Crippen molar-refractivity contribution < 1.29 is 4.74 Å². The minimum atomic E-state index is 0.707. The Labute approximate surface area is 117 Å². The quantitative estimate of drug-likeness (QED) is 0.764. The number of ether oxygens (including phenoxy) is 1. The molecule has 1 saturated carbocycles. The van der Waals surface area contributed by atoms with Gasteiger partial charge in [0.25, 0.3) is 0 Å². The SMILES string of the molecule is COC(=C1CC1)c1ccc(Cl)c(-c2ccccn2)c1. The number of aromatic nitrogens is 1. The van der Waals surface area contributed by atoms with Gasteiger partial charge in [-0.2, -0.15) is 0 Å². The van der Waals surface area contributed by atoms with E-state index in [-0.39, 0.29) is 0 Å². The predicted octanol–water partition coefficient (Wildman–Crippen LogP) is 4.55. The van der Waals surface area contributed by atoms with Crippen molar-refractivity contribution in [3.05, 3.63) is 58.8 Å². The van der Waals surface area contributed by atoms with E-state index in [4.69, 9.17) is 16.3 Å². The van der Waals surface area contributed by atoms with Crippen LogP contribution < -0.4 is 0 Å². The van der Waals surface area contributed by atoms with E-state index in [1.165, 1.54) is 5.57 Å². The maximum Gasteiger partial charge on any atom is 0.125 e. The molecule has 0 amide bonds. The molecule has 0 radical (unpaired) electrons. The molecule has 2 aromatic rings. The van der Waals surface area contributed by atoms with Crippen LogP contribution in [0.1, 0.15) is 18.4 Å². The summed E-state index contributed by atoms with van der Waals surface area (Å²) in [5, 5.41) is 0.707. The highest BCUT2D eigenvalue weighted by molar-refractivity contribution is 6.33. The molecule has 3 rings (SSSR count). The Morgan fingerprint density at radius 2 is 2.05 bits per heavy atom. The zero-order valence-electron chi connectivity index (χ0n) is 10.7. The Morgan fingerprint density at radius 1 is 1.21 bits per heavy atom. The number of allylic oxidation sites excluding steroid dienone is 1. The summed E-state index contributed by atoms with van der Waals surface area (Å²) in [6.07, 6.45) is 4.03. The first-order valence-electron chi connectivity index (χ1n) is 6.27. The summed E-state index contributed by atoms with van der Waals surface area (Å²) in [6.45, 7) is 0. The lowest BCUT2D eigenvalue weighted by molar-refractivity contribution is 0.368. The van der Waals surface area contributed by atoms with Gasteiger partial charge in [-0.15, -0.1) is 0 Å². The van der Waals surface area contributed by atoms with E-state index in [1.807, 2.05) is 30.3 Å². The summed E-state index contributed by atoms with van der Waals surface area (Å²) < 4.78 is 5.51. The number of hydrogen-bond donors (Lipinski definition) is 0. The van der Waals surface area contributed by atoms with Crippen molar-refractivity contribution in [3.8, 4) is 11.3 Å². The van der Waals surface area contributed by atoms with Gasteiger partial charge in [0.2, 0.25) is 0 Å². The van der Waals surface area contributed by atoms with Gasteiger partial charge in [-0.1, -0.05) is 17.7 Å². The Hall–Kier alpha value is -1.80. The molecule has 1 aromatic heterocycles. The van der Waals surface area contributed by atoms with Crippen LogP contribution in [-0.2, 0) is 4.74 Å². The molecule has 1 aliphatic carbocycles. The third kappa shape index (κ3) is 2.49. The van der Waals surface area contributed by atoms with E-state index >= 15 is 0 Å². The number of methoxy groups -OCH3 is 1. The van der Waals surface area contributed by atoms with Gasteiger partial charge < -0.3 is 4.74 Å². The third-order valence-corrected chi connectivity index (χ3v) is 3.52. The fraction of sp³-hybridized carbons (Fsp3) is 0.188. The molecule has 0 unspecified atom stereocenters. The molecule has 1 aliphatic rings. The van der Waals surface area contributed by atoms with Gasteiger partial charge in [0.1, 0.15) is 5.76 Å². The first-order valence-corrected chi connectivity index (χ1v) is 6.64. The van der Waals surface area contributed by atoms with E-state index in [2.05, 4.69) is 11.1 Å². The van der Waals surface area contributed by atoms with Crippen molar-refractivity contribution in [2.45, 2.75) is 12.8 Å². The highest BCUT2D eigenvalue weighted by atomic mass is 35.5. The second-order valence-electron chi connectivity index (χ2n) is 4.55. The second kappa shape index (κ2) is 5.06. The van der Waals surface area contributed by atoms with Crippen LogP contribution in [0, 0.1) is 0 Å². The van der Waals surface area contributed by atoms with Crippen LogP contribution in [0.2, 0.25) is 5.02 Å². The first kappa shape index (κ1) is 12.2. The van der Waals surface area contributed by atoms with Crippen molar-refractivity contribution in [3.63, 3.8) is 0 Å². The van der Waals surface area contributed by atoms with Crippen LogP contribution >= 0.6 is 11.6 Å². The van der Waals surface area contributed by atoms with Gasteiger partial charge in [-0.3, -0.25) is 4.98 Å². The van der Waals surface area contributed by atoms with Crippen LogP contribution in [0.5, 0.6) is 0 Å². The summed E-state index contributed by atoms with van der Waals surface area (Å²) in [5.41, 5.74) is 4.26. The monoisotopic (exact) mass is 271 g/mol. The summed E-state index contributed by atoms with van der Waals surface area (Å²) in [7, 11) is 1.72. The summed E-state index contributed by atoms with van der Waals surface area (Å²) in [5.74, 6) is 0.980. The standard InChI is InChI=1S/C16H14ClNO/c1-19-16(11-5-6-11)12-7-8-14(17)13(10-12)15-4-2-3-9-18-15/h2-4,7-10H,5-6H2,1H3. The van der Waals surface area contributed by atoms with Gasteiger partial charge in [-0.05, 0) is 48.7 Å². The largest absolute Gasteiger partial charge is 0.496 e. The third-order valence-electron chi connectivity index (χ3n) is 3.19. The summed E-state index contributed by atoms with van der Waals surface area (Å²) in [6, 6.07) is 11.8. The van der Waals surface area contributed by atoms with E-state index in [9.17, 15) is 0 Å². The Bertz CT molecular complexity index is 628. The first-order chi connectivity index (χ1) is 9.29. The maximum absolute atomic E-state index is 6.28. The maximum atomic E-state index is 6.28. The van der Waals surface area contributed by atoms with Crippen molar-refractivity contribution in [1.82, 2.24) is 4.98 Å². The molecule has 96 valence electrons. The van der Waals surface area contributed by atoms with Gasteiger partial charge in [0.15, 0.2) is 0 Å². The predicted molar refractivity (Wildman–Crippen MR) is 77.8 cm³/mol. The Morgan fingerprint density at radius 3 is 2.68 bits per heavy atom. The van der Waals surface area contributed by atoms with Crippen molar-refractivity contribution in [1.29, 1.82) is 0 Å².